The lowest BCUT2D eigenvalue weighted by atomic mass is 10.2. The number of hydrogen-bond donors (Lipinski definition) is 2. The number of nitrogens with one attached hydrogen (secondary N) is 2. The van der Waals surface area contributed by atoms with E-state index in [9.17, 15) is 4.79 Å². The summed E-state index contributed by atoms with van der Waals surface area (Å²) in [5.74, 6) is 0. The zero-order valence-electron chi connectivity index (χ0n) is 10.9. The molecule has 0 aliphatic heterocycles. The smallest absolute Gasteiger partial charge is 0.321 e. The molecule has 0 radical (unpaired) electrons. The SMILES string of the molecule is COCCNC(=O)Nc1nc(-c2ccc(Cl)cc2)cs1. The summed E-state index contributed by atoms with van der Waals surface area (Å²) in [6.07, 6.45) is 0. The highest BCUT2D eigenvalue weighted by molar-refractivity contribution is 7.14. The molecule has 0 aliphatic rings. The molecule has 20 heavy (non-hydrogen) atoms. The number of ether oxygens (including phenoxy) is 1. The highest BCUT2D eigenvalue weighted by Gasteiger charge is 2.07. The van der Waals surface area contributed by atoms with Crippen molar-refractivity contribution in [1.29, 1.82) is 0 Å². The molecule has 0 spiro atoms. The Morgan fingerprint density at radius 2 is 2.15 bits per heavy atom. The molecule has 2 rings (SSSR count). The van der Waals surface area contributed by atoms with Gasteiger partial charge in [-0.1, -0.05) is 23.7 Å². The monoisotopic (exact) mass is 311 g/mol. The van der Waals surface area contributed by atoms with Crippen LogP contribution in [0.1, 0.15) is 0 Å². The molecule has 0 saturated carbocycles. The van der Waals surface area contributed by atoms with E-state index < -0.39 is 0 Å². The molecular formula is C13H14ClN3O2S. The Bertz CT molecular complexity index is 571. The molecule has 5 nitrogen and oxygen atoms in total. The Morgan fingerprint density at radius 3 is 2.85 bits per heavy atom. The van der Waals surface area contributed by atoms with Crippen molar-refractivity contribution in [1.82, 2.24) is 10.3 Å². The number of carbonyl (C=O) groups excluding carboxylic acids is 1. The largest absolute Gasteiger partial charge is 0.383 e. The van der Waals surface area contributed by atoms with Crippen molar-refractivity contribution < 1.29 is 9.53 Å². The van der Waals surface area contributed by atoms with Crippen molar-refractivity contribution in [3.05, 3.63) is 34.7 Å². The molecule has 106 valence electrons. The fourth-order valence-electron chi connectivity index (χ4n) is 1.49. The van der Waals surface area contributed by atoms with Crippen LogP contribution in [0.25, 0.3) is 11.3 Å². The molecule has 2 aromatic rings. The Labute approximate surface area is 125 Å². The van der Waals surface area contributed by atoms with Crippen LogP contribution < -0.4 is 10.6 Å². The molecule has 1 aromatic carbocycles. The van der Waals surface area contributed by atoms with Gasteiger partial charge < -0.3 is 10.1 Å². The van der Waals surface area contributed by atoms with Crippen LogP contribution in [0.5, 0.6) is 0 Å². The fourth-order valence-corrected chi connectivity index (χ4v) is 2.33. The second kappa shape index (κ2) is 7.23. The van der Waals surface area contributed by atoms with Crippen LogP contribution in [0.15, 0.2) is 29.6 Å². The fraction of sp³-hybridized carbons (Fsp3) is 0.231. The van der Waals surface area contributed by atoms with Crippen molar-refractivity contribution >= 4 is 34.1 Å². The molecule has 0 aliphatic carbocycles. The Morgan fingerprint density at radius 1 is 1.40 bits per heavy atom. The van der Waals surface area contributed by atoms with Gasteiger partial charge in [-0.05, 0) is 12.1 Å². The van der Waals surface area contributed by atoms with E-state index in [1.54, 1.807) is 19.2 Å². The highest BCUT2D eigenvalue weighted by atomic mass is 35.5. The van der Waals surface area contributed by atoms with Crippen LogP contribution in [0.4, 0.5) is 9.93 Å². The predicted molar refractivity (Wildman–Crippen MR) is 81.5 cm³/mol. The third-order valence-electron chi connectivity index (χ3n) is 2.46. The molecule has 1 heterocycles. The molecule has 0 bridgehead atoms. The Hall–Kier alpha value is -1.63. The first-order valence-electron chi connectivity index (χ1n) is 5.94. The van der Waals surface area contributed by atoms with Gasteiger partial charge in [0.05, 0.1) is 12.3 Å². The summed E-state index contributed by atoms with van der Waals surface area (Å²) < 4.78 is 4.85. The number of benzene rings is 1. The summed E-state index contributed by atoms with van der Waals surface area (Å²) >= 11 is 7.21. The van der Waals surface area contributed by atoms with Gasteiger partial charge in [-0.2, -0.15) is 0 Å². The first-order valence-corrected chi connectivity index (χ1v) is 7.20. The van der Waals surface area contributed by atoms with Crippen LogP contribution in [0.3, 0.4) is 0 Å². The number of urea groups is 1. The van der Waals surface area contributed by atoms with Crippen molar-refractivity contribution in [2.75, 3.05) is 25.6 Å². The van der Waals surface area contributed by atoms with Crippen LogP contribution in [-0.4, -0.2) is 31.3 Å². The van der Waals surface area contributed by atoms with Gasteiger partial charge in [-0.25, -0.2) is 9.78 Å². The minimum atomic E-state index is -0.293. The maximum atomic E-state index is 11.5. The zero-order chi connectivity index (χ0) is 14.4. The Balaban J connectivity index is 1.95. The van der Waals surface area contributed by atoms with Crippen molar-refractivity contribution in [2.45, 2.75) is 0 Å². The van der Waals surface area contributed by atoms with E-state index in [0.717, 1.165) is 11.3 Å². The minimum Gasteiger partial charge on any atom is -0.383 e. The van der Waals surface area contributed by atoms with Crippen LogP contribution >= 0.6 is 22.9 Å². The maximum absolute atomic E-state index is 11.5. The van der Waals surface area contributed by atoms with Gasteiger partial charge in [0.2, 0.25) is 0 Å². The lowest BCUT2D eigenvalue weighted by molar-refractivity contribution is 0.198. The van der Waals surface area contributed by atoms with E-state index >= 15 is 0 Å². The van der Waals surface area contributed by atoms with Gasteiger partial charge in [-0.15, -0.1) is 11.3 Å². The summed E-state index contributed by atoms with van der Waals surface area (Å²) in [5, 5.41) is 8.45. The standard InChI is InChI=1S/C13H14ClN3O2S/c1-19-7-6-15-12(18)17-13-16-11(8-20-13)9-2-4-10(14)5-3-9/h2-5,8H,6-7H2,1H3,(H2,15,16,17,18). The number of nitrogens with zero attached hydrogens (tertiary/aromatic N) is 1. The third-order valence-corrected chi connectivity index (χ3v) is 3.47. The van der Waals surface area contributed by atoms with Crippen LogP contribution in [-0.2, 0) is 4.74 Å². The molecule has 7 heteroatoms. The zero-order valence-corrected chi connectivity index (χ0v) is 12.4. The summed E-state index contributed by atoms with van der Waals surface area (Å²) in [6, 6.07) is 7.10. The van der Waals surface area contributed by atoms with Gasteiger partial charge in [0.1, 0.15) is 0 Å². The van der Waals surface area contributed by atoms with Gasteiger partial charge >= 0.3 is 6.03 Å². The number of amides is 2. The van der Waals surface area contributed by atoms with Crippen LogP contribution in [0, 0.1) is 0 Å². The van der Waals surface area contributed by atoms with Crippen molar-refractivity contribution in [3.8, 4) is 11.3 Å². The van der Waals surface area contributed by atoms with Gasteiger partial charge in [0, 0.05) is 29.6 Å². The topological polar surface area (TPSA) is 63.2 Å². The molecule has 1 aromatic heterocycles. The molecule has 2 N–H and O–H groups in total. The number of methoxy groups -OCH3 is 1. The minimum absolute atomic E-state index is 0.293. The van der Waals surface area contributed by atoms with E-state index in [2.05, 4.69) is 15.6 Å². The predicted octanol–water partition coefficient (Wildman–Crippen LogP) is 3.23. The number of carbonyl (C=O) groups is 1. The molecule has 0 saturated heterocycles. The molecule has 0 atom stereocenters. The van der Waals surface area contributed by atoms with E-state index in [0.29, 0.717) is 23.3 Å². The quantitative estimate of drug-likeness (QED) is 0.833. The van der Waals surface area contributed by atoms with Crippen LogP contribution in [0.2, 0.25) is 5.02 Å². The lowest BCUT2D eigenvalue weighted by Crippen LogP contribution is -2.31. The maximum Gasteiger partial charge on any atom is 0.321 e. The van der Waals surface area contributed by atoms with Gasteiger partial charge in [0.15, 0.2) is 5.13 Å². The third kappa shape index (κ3) is 4.19. The molecule has 0 unspecified atom stereocenters. The summed E-state index contributed by atoms with van der Waals surface area (Å²) in [4.78, 5) is 15.9. The van der Waals surface area contributed by atoms with Gasteiger partial charge in [-0.3, -0.25) is 5.32 Å². The summed E-state index contributed by atoms with van der Waals surface area (Å²) in [6.45, 7) is 0.930. The van der Waals surface area contributed by atoms with E-state index in [-0.39, 0.29) is 6.03 Å². The second-order valence-corrected chi connectivity index (χ2v) is 5.21. The second-order valence-electron chi connectivity index (χ2n) is 3.92. The summed E-state index contributed by atoms with van der Waals surface area (Å²) in [5.41, 5.74) is 1.76. The first kappa shape index (κ1) is 14.8. The molecule has 0 fully saturated rings. The number of rotatable bonds is 5. The van der Waals surface area contributed by atoms with Crippen molar-refractivity contribution in [3.63, 3.8) is 0 Å². The van der Waals surface area contributed by atoms with E-state index in [4.69, 9.17) is 16.3 Å². The number of halogens is 1. The lowest BCUT2D eigenvalue weighted by Gasteiger charge is -2.04. The van der Waals surface area contributed by atoms with E-state index in [1.165, 1.54) is 11.3 Å². The molecular weight excluding hydrogens is 298 g/mol. The average molecular weight is 312 g/mol. The van der Waals surface area contributed by atoms with E-state index in [1.807, 2.05) is 17.5 Å². The van der Waals surface area contributed by atoms with Crippen molar-refractivity contribution in [2.24, 2.45) is 0 Å². The first-order chi connectivity index (χ1) is 9.69. The Kier molecular flexibility index (Phi) is 5.34. The average Bonchev–Trinajstić information content (AvgIpc) is 2.88. The highest BCUT2D eigenvalue weighted by Crippen LogP contribution is 2.25. The van der Waals surface area contributed by atoms with Gasteiger partial charge in [0.25, 0.3) is 0 Å². The molecule has 2 amide bonds. The normalized spacial score (nSPS) is 10.3. The summed E-state index contributed by atoms with van der Waals surface area (Å²) in [7, 11) is 1.58. The number of hydrogen-bond acceptors (Lipinski definition) is 4. The number of thiazole rings is 1. The number of aromatic nitrogens is 1. The number of anilines is 1.